The highest BCUT2D eigenvalue weighted by molar-refractivity contribution is 9.10. The van der Waals surface area contributed by atoms with Gasteiger partial charge in [-0.3, -0.25) is 4.79 Å². The van der Waals surface area contributed by atoms with Gasteiger partial charge in [0.2, 0.25) is 5.95 Å². The van der Waals surface area contributed by atoms with Gasteiger partial charge in [0.25, 0.3) is 5.91 Å². The molecule has 2 rings (SSSR count). The second kappa shape index (κ2) is 6.31. The van der Waals surface area contributed by atoms with Crippen LogP contribution >= 0.6 is 15.9 Å². The molecule has 6 nitrogen and oxygen atoms in total. The summed E-state index contributed by atoms with van der Waals surface area (Å²) in [7, 11) is 4.93. The molecule has 7 heteroatoms. The Morgan fingerprint density at radius 1 is 1.32 bits per heavy atom. The summed E-state index contributed by atoms with van der Waals surface area (Å²) in [4.78, 5) is 22.4. The highest BCUT2D eigenvalue weighted by Gasteiger charge is 2.23. The van der Waals surface area contributed by atoms with Gasteiger partial charge in [-0.1, -0.05) is 15.9 Å². The van der Waals surface area contributed by atoms with E-state index in [0.29, 0.717) is 28.3 Å². The van der Waals surface area contributed by atoms with Crippen LogP contribution in [0.3, 0.4) is 0 Å². The molecule has 0 unspecified atom stereocenters. The Balaban J connectivity index is 2.80. The first-order chi connectivity index (χ1) is 10.3. The van der Waals surface area contributed by atoms with E-state index in [9.17, 15) is 4.79 Å². The van der Waals surface area contributed by atoms with Crippen molar-refractivity contribution in [2.75, 3.05) is 26.9 Å². The zero-order chi connectivity index (χ0) is 16.4. The summed E-state index contributed by atoms with van der Waals surface area (Å²) in [6.07, 6.45) is 0. The molecule has 0 radical (unpaired) electrons. The van der Waals surface area contributed by atoms with Crippen molar-refractivity contribution in [2.24, 2.45) is 0 Å². The summed E-state index contributed by atoms with van der Waals surface area (Å²) < 4.78 is 6.23. The standard InChI is InChI=1S/C15H17BrN4O2/c1-8-12(14(21)20(2)3)13(19-15(17)18-8)10-7-9(16)5-6-11(10)22-4/h5-7H,1-4H3,(H2,17,18,19). The van der Waals surface area contributed by atoms with E-state index in [1.165, 1.54) is 4.90 Å². The molecule has 2 N–H and O–H groups in total. The molecule has 0 fully saturated rings. The summed E-state index contributed by atoms with van der Waals surface area (Å²) in [5, 5.41) is 0. The van der Waals surface area contributed by atoms with Crippen molar-refractivity contribution in [1.29, 1.82) is 0 Å². The van der Waals surface area contributed by atoms with E-state index in [1.54, 1.807) is 34.2 Å². The molecular formula is C15H17BrN4O2. The van der Waals surface area contributed by atoms with Crippen LogP contribution in [0.15, 0.2) is 22.7 Å². The quantitative estimate of drug-likeness (QED) is 0.904. The van der Waals surface area contributed by atoms with Crippen molar-refractivity contribution in [1.82, 2.24) is 14.9 Å². The number of carbonyl (C=O) groups excluding carboxylic acids is 1. The Kier molecular flexibility index (Phi) is 4.65. The maximum Gasteiger partial charge on any atom is 0.257 e. The lowest BCUT2D eigenvalue weighted by Gasteiger charge is -2.17. The van der Waals surface area contributed by atoms with Crippen LogP contribution in [-0.4, -0.2) is 42.0 Å². The molecule has 2 aromatic rings. The first kappa shape index (κ1) is 16.2. The van der Waals surface area contributed by atoms with Crippen LogP contribution in [-0.2, 0) is 0 Å². The number of aryl methyl sites for hydroxylation is 1. The van der Waals surface area contributed by atoms with Crippen LogP contribution in [0.5, 0.6) is 5.75 Å². The van der Waals surface area contributed by atoms with Gasteiger partial charge in [0, 0.05) is 24.1 Å². The first-order valence-electron chi connectivity index (χ1n) is 6.54. The number of nitrogens with zero attached hydrogens (tertiary/aromatic N) is 3. The van der Waals surface area contributed by atoms with Crippen molar-refractivity contribution in [3.05, 3.63) is 33.9 Å². The van der Waals surface area contributed by atoms with Gasteiger partial charge in [-0.05, 0) is 25.1 Å². The van der Waals surface area contributed by atoms with Gasteiger partial charge in [-0.15, -0.1) is 0 Å². The van der Waals surface area contributed by atoms with Gasteiger partial charge < -0.3 is 15.4 Å². The normalized spacial score (nSPS) is 10.4. The predicted molar refractivity (Wildman–Crippen MR) is 88.9 cm³/mol. The Morgan fingerprint density at radius 2 is 2.00 bits per heavy atom. The molecule has 0 aliphatic rings. The number of benzene rings is 1. The van der Waals surface area contributed by atoms with Crippen LogP contribution in [0.1, 0.15) is 16.1 Å². The maximum atomic E-state index is 12.5. The molecule has 1 aromatic heterocycles. The number of rotatable bonds is 3. The average Bonchev–Trinajstić information content (AvgIpc) is 2.45. The number of amides is 1. The zero-order valence-electron chi connectivity index (χ0n) is 12.8. The third kappa shape index (κ3) is 3.04. The fourth-order valence-corrected chi connectivity index (χ4v) is 2.50. The molecule has 0 bridgehead atoms. The molecule has 22 heavy (non-hydrogen) atoms. The number of halogens is 1. The minimum Gasteiger partial charge on any atom is -0.496 e. The van der Waals surface area contributed by atoms with Crippen LogP contribution in [0.25, 0.3) is 11.3 Å². The summed E-state index contributed by atoms with van der Waals surface area (Å²) >= 11 is 3.42. The van der Waals surface area contributed by atoms with Gasteiger partial charge in [0.15, 0.2) is 0 Å². The smallest absolute Gasteiger partial charge is 0.257 e. The van der Waals surface area contributed by atoms with Gasteiger partial charge >= 0.3 is 0 Å². The molecule has 116 valence electrons. The van der Waals surface area contributed by atoms with Crippen LogP contribution < -0.4 is 10.5 Å². The topological polar surface area (TPSA) is 81.3 Å². The largest absolute Gasteiger partial charge is 0.496 e. The fraction of sp³-hybridized carbons (Fsp3) is 0.267. The van der Waals surface area contributed by atoms with Crippen LogP contribution in [0.2, 0.25) is 0 Å². The van der Waals surface area contributed by atoms with Crippen LogP contribution in [0.4, 0.5) is 5.95 Å². The van der Waals surface area contributed by atoms with E-state index in [2.05, 4.69) is 25.9 Å². The summed E-state index contributed by atoms with van der Waals surface area (Å²) in [6, 6.07) is 5.50. The number of methoxy groups -OCH3 is 1. The Morgan fingerprint density at radius 3 is 2.59 bits per heavy atom. The van der Waals surface area contributed by atoms with E-state index in [4.69, 9.17) is 10.5 Å². The number of ether oxygens (including phenoxy) is 1. The Hall–Kier alpha value is -2.15. The van der Waals surface area contributed by atoms with E-state index in [0.717, 1.165) is 4.47 Å². The maximum absolute atomic E-state index is 12.5. The molecule has 1 aromatic carbocycles. The SMILES string of the molecule is COc1ccc(Br)cc1-c1nc(N)nc(C)c1C(=O)N(C)C. The highest BCUT2D eigenvalue weighted by atomic mass is 79.9. The minimum atomic E-state index is -0.186. The monoisotopic (exact) mass is 364 g/mol. The summed E-state index contributed by atoms with van der Waals surface area (Å²) in [5.41, 5.74) is 7.86. The van der Waals surface area contributed by atoms with E-state index >= 15 is 0 Å². The van der Waals surface area contributed by atoms with Crippen molar-refractivity contribution in [3.8, 4) is 17.0 Å². The number of hydrogen-bond donors (Lipinski definition) is 1. The summed E-state index contributed by atoms with van der Waals surface area (Å²) in [6.45, 7) is 1.74. The third-order valence-corrected chi connectivity index (χ3v) is 3.64. The van der Waals surface area contributed by atoms with Gasteiger partial charge in [0.05, 0.1) is 24.1 Å². The van der Waals surface area contributed by atoms with Crippen molar-refractivity contribution in [2.45, 2.75) is 6.92 Å². The predicted octanol–water partition coefficient (Wildman–Crippen LogP) is 2.51. The highest BCUT2D eigenvalue weighted by Crippen LogP contribution is 2.34. The van der Waals surface area contributed by atoms with Crippen molar-refractivity contribution in [3.63, 3.8) is 0 Å². The number of nitrogens with two attached hydrogens (primary N) is 1. The summed E-state index contributed by atoms with van der Waals surface area (Å²) in [5.74, 6) is 0.535. The van der Waals surface area contributed by atoms with E-state index < -0.39 is 0 Å². The molecule has 0 saturated carbocycles. The lowest BCUT2D eigenvalue weighted by molar-refractivity contribution is 0.0827. The molecule has 0 aliphatic heterocycles. The molecule has 0 atom stereocenters. The third-order valence-electron chi connectivity index (χ3n) is 3.14. The minimum absolute atomic E-state index is 0.116. The molecular weight excluding hydrogens is 348 g/mol. The molecule has 1 amide bonds. The van der Waals surface area contributed by atoms with Gasteiger partial charge in [-0.25, -0.2) is 9.97 Å². The number of hydrogen-bond acceptors (Lipinski definition) is 5. The number of aromatic nitrogens is 2. The Labute approximate surface area is 137 Å². The second-order valence-electron chi connectivity index (χ2n) is 4.94. The average molecular weight is 365 g/mol. The van der Waals surface area contributed by atoms with E-state index in [1.807, 2.05) is 12.1 Å². The molecule has 0 aliphatic carbocycles. The zero-order valence-corrected chi connectivity index (χ0v) is 14.4. The molecule has 0 saturated heterocycles. The van der Waals surface area contributed by atoms with Gasteiger partial charge in [0.1, 0.15) is 5.75 Å². The first-order valence-corrected chi connectivity index (χ1v) is 7.34. The van der Waals surface area contributed by atoms with Crippen molar-refractivity contribution < 1.29 is 9.53 Å². The fourth-order valence-electron chi connectivity index (χ4n) is 2.13. The molecule has 0 spiro atoms. The van der Waals surface area contributed by atoms with E-state index in [-0.39, 0.29) is 11.9 Å². The number of nitrogen functional groups attached to an aromatic ring is 1. The van der Waals surface area contributed by atoms with Gasteiger partial charge in [-0.2, -0.15) is 0 Å². The Bertz CT molecular complexity index is 732. The van der Waals surface area contributed by atoms with Crippen LogP contribution in [0, 0.1) is 6.92 Å². The van der Waals surface area contributed by atoms with Crippen molar-refractivity contribution >= 4 is 27.8 Å². The lowest BCUT2D eigenvalue weighted by atomic mass is 10.0. The molecule has 1 heterocycles. The number of carbonyl (C=O) groups is 1. The lowest BCUT2D eigenvalue weighted by Crippen LogP contribution is -2.24. The number of anilines is 1. The second-order valence-corrected chi connectivity index (χ2v) is 5.85.